The molecule has 0 spiro atoms. The molecule has 2 rings (SSSR count). The summed E-state index contributed by atoms with van der Waals surface area (Å²) >= 11 is 0. The summed E-state index contributed by atoms with van der Waals surface area (Å²) in [5.41, 5.74) is 0.294. The van der Waals surface area contributed by atoms with Gasteiger partial charge in [0.05, 0.1) is 0 Å². The van der Waals surface area contributed by atoms with Crippen LogP contribution in [-0.4, -0.2) is 86.2 Å². The van der Waals surface area contributed by atoms with E-state index in [1.165, 1.54) is 58.7 Å². The minimum absolute atomic E-state index is 0.294. The number of nitrogens with one attached hydrogen (secondary N) is 1. The molecule has 2 heterocycles. The number of piperazine rings is 1. The molecule has 0 bridgehead atoms. The van der Waals surface area contributed by atoms with Gasteiger partial charge in [0.25, 0.3) is 0 Å². The van der Waals surface area contributed by atoms with Crippen LogP contribution in [0.3, 0.4) is 0 Å². The summed E-state index contributed by atoms with van der Waals surface area (Å²) in [7, 11) is 2.28. The molecule has 2 fully saturated rings. The van der Waals surface area contributed by atoms with Gasteiger partial charge in [0.15, 0.2) is 0 Å². The van der Waals surface area contributed by atoms with Crippen LogP contribution in [0.4, 0.5) is 0 Å². The Labute approximate surface area is 119 Å². The molecule has 1 N–H and O–H groups in total. The van der Waals surface area contributed by atoms with Gasteiger partial charge in [0.1, 0.15) is 0 Å². The maximum atomic E-state index is 3.44. The first-order valence-electron chi connectivity index (χ1n) is 7.95. The molecule has 4 heteroatoms. The number of rotatable bonds is 6. The van der Waals surface area contributed by atoms with E-state index in [0.29, 0.717) is 5.54 Å². The van der Waals surface area contributed by atoms with Crippen molar-refractivity contribution in [3.63, 3.8) is 0 Å². The lowest BCUT2D eigenvalue weighted by molar-refractivity contribution is 0.0689. The smallest absolute Gasteiger partial charge is 0.0281 e. The van der Waals surface area contributed by atoms with Crippen LogP contribution in [0.2, 0.25) is 0 Å². The Balaban J connectivity index is 1.71. The van der Waals surface area contributed by atoms with Crippen LogP contribution in [0, 0.1) is 0 Å². The third-order valence-electron chi connectivity index (χ3n) is 4.63. The first-order chi connectivity index (χ1) is 9.08. The van der Waals surface area contributed by atoms with Crippen molar-refractivity contribution in [3.8, 4) is 0 Å². The van der Waals surface area contributed by atoms with Gasteiger partial charge >= 0.3 is 0 Å². The van der Waals surface area contributed by atoms with Gasteiger partial charge in [-0.15, -0.1) is 0 Å². The van der Waals surface area contributed by atoms with Crippen molar-refractivity contribution in [1.82, 2.24) is 20.0 Å². The highest BCUT2D eigenvalue weighted by Crippen LogP contribution is 2.16. The van der Waals surface area contributed by atoms with E-state index >= 15 is 0 Å². The van der Waals surface area contributed by atoms with Crippen molar-refractivity contribution in [2.45, 2.75) is 32.2 Å². The molecule has 2 saturated heterocycles. The van der Waals surface area contributed by atoms with E-state index in [4.69, 9.17) is 0 Å². The Hall–Kier alpha value is -0.160. The third kappa shape index (κ3) is 4.71. The molecule has 0 aromatic rings. The summed E-state index contributed by atoms with van der Waals surface area (Å²) in [6.07, 6.45) is 2.80. The molecular weight excluding hydrogens is 236 g/mol. The minimum atomic E-state index is 0.294. The highest BCUT2D eigenvalue weighted by molar-refractivity contribution is 4.87. The van der Waals surface area contributed by atoms with Crippen molar-refractivity contribution >= 4 is 0 Å². The topological polar surface area (TPSA) is 21.8 Å². The molecule has 112 valence electrons. The number of hydrogen-bond donors (Lipinski definition) is 1. The fraction of sp³-hybridized carbons (Fsp3) is 1.00. The summed E-state index contributed by atoms with van der Waals surface area (Å²) in [6.45, 7) is 15.7. The highest BCUT2D eigenvalue weighted by Gasteiger charge is 2.29. The van der Waals surface area contributed by atoms with Gasteiger partial charge < -0.3 is 15.1 Å². The molecule has 19 heavy (non-hydrogen) atoms. The number of nitrogens with zero attached hydrogens (tertiary/aromatic N) is 3. The zero-order chi connectivity index (χ0) is 13.7. The average molecular weight is 268 g/mol. The quantitative estimate of drug-likeness (QED) is 0.765. The van der Waals surface area contributed by atoms with E-state index in [2.05, 4.69) is 40.9 Å². The van der Waals surface area contributed by atoms with Gasteiger partial charge in [-0.3, -0.25) is 4.90 Å². The Bertz CT molecular complexity index is 255. The lowest BCUT2D eigenvalue weighted by atomic mass is 10.0. The van der Waals surface area contributed by atoms with Gasteiger partial charge in [-0.1, -0.05) is 0 Å². The second kappa shape index (κ2) is 7.02. The van der Waals surface area contributed by atoms with Crippen molar-refractivity contribution < 1.29 is 0 Å². The van der Waals surface area contributed by atoms with Crippen LogP contribution in [-0.2, 0) is 0 Å². The summed E-state index contributed by atoms with van der Waals surface area (Å²) in [6, 6.07) is 0. The summed E-state index contributed by atoms with van der Waals surface area (Å²) in [5.74, 6) is 0. The fourth-order valence-corrected chi connectivity index (χ4v) is 3.43. The first kappa shape index (κ1) is 15.2. The van der Waals surface area contributed by atoms with Crippen LogP contribution in [0.15, 0.2) is 0 Å². The van der Waals surface area contributed by atoms with Gasteiger partial charge in [0, 0.05) is 51.4 Å². The maximum absolute atomic E-state index is 3.44. The molecule has 0 radical (unpaired) electrons. The standard InChI is InChI=1S/C15H32N4/c1-15(2,19-10-6-16-7-11-19)14-17(3)12-13-18-8-4-5-9-18/h16H,4-14H2,1-3H3. The molecule has 2 aliphatic heterocycles. The molecule has 0 aliphatic carbocycles. The van der Waals surface area contributed by atoms with E-state index in [9.17, 15) is 0 Å². The van der Waals surface area contributed by atoms with E-state index < -0.39 is 0 Å². The molecule has 0 atom stereocenters. The minimum Gasteiger partial charge on any atom is -0.314 e. The Morgan fingerprint density at radius 3 is 2.32 bits per heavy atom. The van der Waals surface area contributed by atoms with E-state index in [0.717, 1.165) is 13.1 Å². The van der Waals surface area contributed by atoms with Crippen LogP contribution in [0.25, 0.3) is 0 Å². The fourth-order valence-electron chi connectivity index (χ4n) is 3.43. The molecule has 4 nitrogen and oxygen atoms in total. The number of hydrogen-bond acceptors (Lipinski definition) is 4. The van der Waals surface area contributed by atoms with Crippen LogP contribution in [0.1, 0.15) is 26.7 Å². The highest BCUT2D eigenvalue weighted by atomic mass is 15.3. The molecule has 0 aromatic heterocycles. The number of likely N-dealkylation sites (N-methyl/N-ethyl adjacent to an activating group) is 1. The van der Waals surface area contributed by atoms with Crippen LogP contribution in [0.5, 0.6) is 0 Å². The van der Waals surface area contributed by atoms with Gasteiger partial charge in [0.2, 0.25) is 0 Å². The van der Waals surface area contributed by atoms with E-state index in [1.807, 2.05) is 0 Å². The van der Waals surface area contributed by atoms with Crippen molar-refractivity contribution in [2.75, 3.05) is 66.0 Å². The largest absolute Gasteiger partial charge is 0.314 e. The Morgan fingerprint density at radius 1 is 1.05 bits per heavy atom. The van der Waals surface area contributed by atoms with Crippen molar-refractivity contribution in [1.29, 1.82) is 0 Å². The van der Waals surface area contributed by atoms with E-state index in [-0.39, 0.29) is 0 Å². The summed E-state index contributed by atoms with van der Waals surface area (Å²) in [4.78, 5) is 7.75. The first-order valence-corrected chi connectivity index (χ1v) is 7.95. The lowest BCUT2D eigenvalue weighted by Crippen LogP contribution is -2.57. The van der Waals surface area contributed by atoms with Crippen molar-refractivity contribution in [3.05, 3.63) is 0 Å². The predicted molar refractivity (Wildman–Crippen MR) is 81.7 cm³/mol. The van der Waals surface area contributed by atoms with Crippen molar-refractivity contribution in [2.24, 2.45) is 0 Å². The SMILES string of the molecule is CN(CCN1CCCC1)CC(C)(C)N1CCNCC1. The second-order valence-electron chi connectivity index (χ2n) is 6.84. The average Bonchev–Trinajstić information content (AvgIpc) is 2.90. The molecular formula is C15H32N4. The number of likely N-dealkylation sites (tertiary alicyclic amines) is 1. The van der Waals surface area contributed by atoms with Gasteiger partial charge in [-0.2, -0.15) is 0 Å². The molecule has 0 aromatic carbocycles. The molecule has 0 saturated carbocycles. The third-order valence-corrected chi connectivity index (χ3v) is 4.63. The van der Waals surface area contributed by atoms with E-state index in [1.54, 1.807) is 0 Å². The second-order valence-corrected chi connectivity index (χ2v) is 6.84. The molecule has 0 amide bonds. The Kier molecular flexibility index (Phi) is 5.63. The van der Waals surface area contributed by atoms with Gasteiger partial charge in [-0.05, 0) is 46.8 Å². The molecule has 2 aliphatic rings. The lowest BCUT2D eigenvalue weighted by Gasteiger charge is -2.43. The monoisotopic (exact) mass is 268 g/mol. The zero-order valence-corrected chi connectivity index (χ0v) is 13.1. The zero-order valence-electron chi connectivity index (χ0n) is 13.1. The Morgan fingerprint density at radius 2 is 1.68 bits per heavy atom. The van der Waals surface area contributed by atoms with Gasteiger partial charge in [-0.25, -0.2) is 0 Å². The van der Waals surface area contributed by atoms with Crippen LogP contribution < -0.4 is 5.32 Å². The normalized spacial score (nSPS) is 23.4. The summed E-state index contributed by atoms with van der Waals surface area (Å²) < 4.78 is 0. The van der Waals surface area contributed by atoms with Crippen LogP contribution >= 0.6 is 0 Å². The maximum Gasteiger partial charge on any atom is 0.0281 e. The predicted octanol–water partition coefficient (Wildman–Crippen LogP) is 0.698. The molecule has 0 unspecified atom stereocenters. The summed E-state index contributed by atoms with van der Waals surface area (Å²) in [5, 5.41) is 3.44.